The fraction of sp³-hybridized carbons (Fsp3) is 0.316. The highest BCUT2D eigenvalue weighted by atomic mass is 16.5. The molecule has 0 aliphatic carbocycles. The molecule has 0 fully saturated rings. The average Bonchev–Trinajstić information content (AvgIpc) is 2.89. The van der Waals surface area contributed by atoms with Gasteiger partial charge in [0.25, 0.3) is 0 Å². The van der Waals surface area contributed by atoms with E-state index in [1.165, 1.54) is 11.1 Å². The summed E-state index contributed by atoms with van der Waals surface area (Å²) in [6.07, 6.45) is 1.87. The molecule has 0 bridgehead atoms. The molecule has 1 N–H and O–H groups in total. The Labute approximate surface area is 131 Å². The van der Waals surface area contributed by atoms with Crippen LogP contribution in [0.2, 0.25) is 0 Å². The maximum atomic E-state index is 5.98. The minimum Gasteiger partial charge on any atom is -0.488 e. The van der Waals surface area contributed by atoms with Crippen LogP contribution in [-0.2, 0) is 6.61 Å². The largest absolute Gasteiger partial charge is 0.488 e. The quantitative estimate of drug-likeness (QED) is 0.744. The zero-order valence-electron chi connectivity index (χ0n) is 13.6. The van der Waals surface area contributed by atoms with Gasteiger partial charge in [-0.15, -0.1) is 0 Å². The first kappa shape index (κ1) is 14.6. The second kappa shape index (κ2) is 5.84. The van der Waals surface area contributed by atoms with E-state index in [-0.39, 0.29) is 0 Å². The molecule has 0 spiro atoms. The van der Waals surface area contributed by atoms with Crippen LogP contribution in [0, 0.1) is 13.8 Å². The van der Waals surface area contributed by atoms with Crippen LogP contribution in [0.5, 0.6) is 5.75 Å². The topological polar surface area (TPSA) is 37.9 Å². The molecule has 3 nitrogen and oxygen atoms in total. The van der Waals surface area contributed by atoms with Gasteiger partial charge in [0.1, 0.15) is 12.4 Å². The predicted molar refractivity (Wildman–Crippen MR) is 90.4 cm³/mol. The molecular formula is C19H22N2O. The van der Waals surface area contributed by atoms with Crippen molar-refractivity contribution in [1.82, 2.24) is 9.97 Å². The van der Waals surface area contributed by atoms with Gasteiger partial charge in [0.15, 0.2) is 0 Å². The van der Waals surface area contributed by atoms with Gasteiger partial charge in [-0.1, -0.05) is 19.9 Å². The van der Waals surface area contributed by atoms with E-state index in [1.807, 2.05) is 19.2 Å². The van der Waals surface area contributed by atoms with Crippen molar-refractivity contribution in [2.45, 2.75) is 40.2 Å². The van der Waals surface area contributed by atoms with E-state index in [0.717, 1.165) is 28.1 Å². The number of pyridine rings is 1. The van der Waals surface area contributed by atoms with Crippen molar-refractivity contribution in [2.75, 3.05) is 0 Å². The van der Waals surface area contributed by atoms with E-state index in [9.17, 15) is 0 Å². The number of hydrogen-bond acceptors (Lipinski definition) is 2. The Morgan fingerprint density at radius 3 is 2.64 bits per heavy atom. The molecule has 2 heterocycles. The van der Waals surface area contributed by atoms with E-state index >= 15 is 0 Å². The number of ether oxygens (including phenoxy) is 1. The molecule has 0 saturated heterocycles. The summed E-state index contributed by atoms with van der Waals surface area (Å²) in [4.78, 5) is 7.78. The third-order valence-corrected chi connectivity index (χ3v) is 3.93. The number of rotatable bonds is 4. The van der Waals surface area contributed by atoms with Crippen LogP contribution < -0.4 is 4.74 Å². The molecular weight excluding hydrogens is 272 g/mol. The van der Waals surface area contributed by atoms with Gasteiger partial charge >= 0.3 is 0 Å². The number of nitrogens with one attached hydrogen (secondary N) is 1. The smallest absolute Gasteiger partial charge is 0.124 e. The highest BCUT2D eigenvalue weighted by Crippen LogP contribution is 2.28. The lowest BCUT2D eigenvalue weighted by Crippen LogP contribution is -1.98. The summed E-state index contributed by atoms with van der Waals surface area (Å²) in [6, 6.07) is 10.6. The summed E-state index contributed by atoms with van der Waals surface area (Å²) in [5, 5.41) is 1.24. The molecule has 22 heavy (non-hydrogen) atoms. The van der Waals surface area contributed by atoms with E-state index in [4.69, 9.17) is 4.74 Å². The minimum absolute atomic E-state index is 0.496. The van der Waals surface area contributed by atoms with Crippen molar-refractivity contribution in [3.05, 3.63) is 59.0 Å². The Bertz CT molecular complexity index is 785. The van der Waals surface area contributed by atoms with Crippen LogP contribution in [0.25, 0.3) is 10.9 Å². The van der Waals surface area contributed by atoms with Crippen LogP contribution in [0.15, 0.2) is 36.5 Å². The molecule has 0 aliphatic heterocycles. The minimum atomic E-state index is 0.496. The standard InChI is InChI=1S/C19H22N2O/c1-12(2)17-8-16-7-13(3)19(9-18(16)21-17)22-11-15-6-5-14(4)20-10-15/h5-10,12,21H,11H2,1-4H3. The van der Waals surface area contributed by atoms with E-state index in [0.29, 0.717) is 12.5 Å². The Morgan fingerprint density at radius 2 is 1.95 bits per heavy atom. The molecule has 0 aliphatic rings. The lowest BCUT2D eigenvalue weighted by molar-refractivity contribution is 0.304. The van der Waals surface area contributed by atoms with Crippen molar-refractivity contribution in [1.29, 1.82) is 0 Å². The summed E-state index contributed by atoms with van der Waals surface area (Å²) < 4.78 is 5.98. The number of fused-ring (bicyclic) bond motifs is 1. The normalized spacial score (nSPS) is 11.3. The first-order chi connectivity index (χ1) is 10.5. The SMILES string of the molecule is Cc1ccc(COc2cc3[nH]c(C(C)C)cc3cc2C)cn1. The number of hydrogen-bond donors (Lipinski definition) is 1. The lowest BCUT2D eigenvalue weighted by atomic mass is 10.1. The molecule has 0 amide bonds. The molecule has 0 unspecified atom stereocenters. The Hall–Kier alpha value is -2.29. The zero-order chi connectivity index (χ0) is 15.7. The number of benzene rings is 1. The Kier molecular flexibility index (Phi) is 3.88. The van der Waals surface area contributed by atoms with Crippen LogP contribution in [-0.4, -0.2) is 9.97 Å². The molecule has 3 rings (SSSR count). The van der Waals surface area contributed by atoms with Gasteiger partial charge < -0.3 is 9.72 Å². The predicted octanol–water partition coefficient (Wildman–Crippen LogP) is 4.88. The second-order valence-corrected chi connectivity index (χ2v) is 6.18. The zero-order valence-corrected chi connectivity index (χ0v) is 13.6. The van der Waals surface area contributed by atoms with Gasteiger partial charge in [-0.25, -0.2) is 0 Å². The average molecular weight is 294 g/mol. The van der Waals surface area contributed by atoms with E-state index in [2.05, 4.69) is 55.0 Å². The highest BCUT2D eigenvalue weighted by molar-refractivity contribution is 5.83. The second-order valence-electron chi connectivity index (χ2n) is 6.18. The van der Waals surface area contributed by atoms with Crippen LogP contribution in [0.1, 0.15) is 42.3 Å². The fourth-order valence-corrected chi connectivity index (χ4v) is 2.51. The number of aromatic nitrogens is 2. The summed E-state index contributed by atoms with van der Waals surface area (Å²) in [5.74, 6) is 1.42. The lowest BCUT2D eigenvalue weighted by Gasteiger charge is -2.09. The van der Waals surface area contributed by atoms with Gasteiger partial charge in [0, 0.05) is 40.1 Å². The maximum absolute atomic E-state index is 5.98. The van der Waals surface area contributed by atoms with Gasteiger partial charge in [-0.05, 0) is 43.5 Å². The number of H-pyrrole nitrogens is 1. The summed E-state index contributed by atoms with van der Waals surface area (Å²) in [5.41, 5.74) is 5.65. The number of aromatic amines is 1. The fourth-order valence-electron chi connectivity index (χ4n) is 2.51. The summed E-state index contributed by atoms with van der Waals surface area (Å²) in [6.45, 7) is 9.00. The Balaban J connectivity index is 1.83. The third kappa shape index (κ3) is 2.98. The molecule has 114 valence electrons. The molecule has 0 radical (unpaired) electrons. The number of aryl methyl sites for hydroxylation is 2. The van der Waals surface area contributed by atoms with Gasteiger partial charge in [-0.2, -0.15) is 0 Å². The van der Waals surface area contributed by atoms with Gasteiger partial charge in [-0.3, -0.25) is 4.98 Å². The maximum Gasteiger partial charge on any atom is 0.124 e. The molecule has 0 atom stereocenters. The van der Waals surface area contributed by atoms with Crippen LogP contribution >= 0.6 is 0 Å². The third-order valence-electron chi connectivity index (χ3n) is 3.93. The summed E-state index contributed by atoms with van der Waals surface area (Å²) >= 11 is 0. The van der Waals surface area contributed by atoms with Gasteiger partial charge in [0.05, 0.1) is 0 Å². The molecule has 2 aromatic heterocycles. The van der Waals surface area contributed by atoms with Crippen LogP contribution in [0.4, 0.5) is 0 Å². The van der Waals surface area contributed by atoms with Crippen molar-refractivity contribution in [2.24, 2.45) is 0 Å². The molecule has 1 aromatic carbocycles. The first-order valence-corrected chi connectivity index (χ1v) is 7.70. The van der Waals surface area contributed by atoms with Crippen molar-refractivity contribution >= 4 is 10.9 Å². The van der Waals surface area contributed by atoms with E-state index < -0.39 is 0 Å². The molecule has 0 saturated carbocycles. The van der Waals surface area contributed by atoms with Crippen LogP contribution in [0.3, 0.4) is 0 Å². The monoisotopic (exact) mass is 294 g/mol. The van der Waals surface area contributed by atoms with E-state index in [1.54, 1.807) is 0 Å². The Morgan fingerprint density at radius 1 is 1.14 bits per heavy atom. The molecule has 3 aromatic rings. The van der Waals surface area contributed by atoms with Crippen molar-refractivity contribution in [3.63, 3.8) is 0 Å². The van der Waals surface area contributed by atoms with Crippen molar-refractivity contribution in [3.8, 4) is 5.75 Å². The highest BCUT2D eigenvalue weighted by Gasteiger charge is 2.08. The van der Waals surface area contributed by atoms with Crippen molar-refractivity contribution < 1.29 is 4.74 Å². The number of nitrogens with zero attached hydrogens (tertiary/aromatic N) is 1. The first-order valence-electron chi connectivity index (χ1n) is 7.70. The molecule has 3 heteroatoms. The summed E-state index contributed by atoms with van der Waals surface area (Å²) in [7, 11) is 0. The van der Waals surface area contributed by atoms with Gasteiger partial charge in [0.2, 0.25) is 0 Å².